The Morgan fingerprint density at radius 3 is 2.14 bits per heavy atom. The number of ether oxygens (including phenoxy) is 1. The third kappa shape index (κ3) is 4.94. The highest BCUT2D eigenvalue weighted by Gasteiger charge is 2.26. The Kier molecular flexibility index (Phi) is 5.77. The Balaban J connectivity index is 1.88. The van der Waals surface area contributed by atoms with Crippen LogP contribution in [0.15, 0.2) is 48.2 Å². The van der Waals surface area contributed by atoms with Gasteiger partial charge in [0.1, 0.15) is 11.4 Å². The summed E-state index contributed by atoms with van der Waals surface area (Å²) in [6, 6.07) is 9.22. The Morgan fingerprint density at radius 1 is 1.00 bits per heavy atom. The van der Waals surface area contributed by atoms with Crippen LogP contribution in [0.25, 0.3) is 5.57 Å². The van der Waals surface area contributed by atoms with Gasteiger partial charge in [-0.25, -0.2) is 14.2 Å². The van der Waals surface area contributed by atoms with E-state index < -0.39 is 11.5 Å². The zero-order chi connectivity index (χ0) is 20.3. The van der Waals surface area contributed by atoms with Gasteiger partial charge in [-0.05, 0) is 69.0 Å². The molecule has 1 fully saturated rings. The molecule has 1 aliphatic heterocycles. The van der Waals surface area contributed by atoms with Gasteiger partial charge in [-0.2, -0.15) is 4.39 Å². The molecule has 0 saturated carbocycles. The Morgan fingerprint density at radius 2 is 1.61 bits per heavy atom. The first kappa shape index (κ1) is 20.0. The van der Waals surface area contributed by atoms with Gasteiger partial charge < -0.3 is 9.64 Å². The molecule has 2 heterocycles. The van der Waals surface area contributed by atoms with Crippen LogP contribution in [-0.2, 0) is 4.74 Å². The predicted molar refractivity (Wildman–Crippen MR) is 104 cm³/mol. The van der Waals surface area contributed by atoms with E-state index in [4.69, 9.17) is 4.74 Å². The average molecular weight is 386 g/mol. The summed E-state index contributed by atoms with van der Waals surface area (Å²) in [5, 5.41) is 0. The number of piperidine rings is 1. The maximum atomic E-state index is 13.4. The highest BCUT2D eigenvalue weighted by Crippen LogP contribution is 2.32. The van der Waals surface area contributed by atoms with Gasteiger partial charge in [-0.15, -0.1) is 0 Å². The first-order valence-electron chi connectivity index (χ1n) is 9.31. The fraction of sp³-hybridized carbons (Fsp3) is 0.364. The maximum Gasteiger partial charge on any atom is 0.410 e. The van der Waals surface area contributed by atoms with E-state index in [0.29, 0.717) is 25.9 Å². The first-order chi connectivity index (χ1) is 13.2. The lowest BCUT2D eigenvalue weighted by Gasteiger charge is -2.32. The van der Waals surface area contributed by atoms with E-state index in [0.717, 1.165) is 22.3 Å². The molecule has 2 aromatic rings. The molecule has 28 heavy (non-hydrogen) atoms. The van der Waals surface area contributed by atoms with Gasteiger partial charge in [-0.1, -0.05) is 17.7 Å². The molecule has 0 unspecified atom stereocenters. The van der Waals surface area contributed by atoms with Crippen molar-refractivity contribution in [1.29, 1.82) is 0 Å². The number of hydrogen-bond acceptors (Lipinski definition) is 3. The number of rotatable bonds is 2. The molecule has 1 saturated heterocycles. The van der Waals surface area contributed by atoms with Crippen LogP contribution in [0.5, 0.6) is 0 Å². The molecule has 0 bridgehead atoms. The molecule has 0 N–H and O–H groups in total. The van der Waals surface area contributed by atoms with Gasteiger partial charge in [0.2, 0.25) is 5.95 Å². The number of carbonyl (C=O) groups is 1. The lowest BCUT2D eigenvalue weighted by molar-refractivity contribution is 0.0236. The second-order valence-electron chi connectivity index (χ2n) is 7.82. The number of halogens is 2. The van der Waals surface area contributed by atoms with Gasteiger partial charge >= 0.3 is 6.09 Å². The molecule has 0 radical (unpaired) electrons. The molecule has 1 aliphatic rings. The molecule has 0 aliphatic carbocycles. The maximum absolute atomic E-state index is 13.4. The SMILES string of the molecule is CC(C)(C)OC(=O)N1CCC(=C(c2ccc(F)cc2)c2ccc(F)nc2)CC1. The first-order valence-corrected chi connectivity index (χ1v) is 9.31. The van der Waals surface area contributed by atoms with E-state index in [1.165, 1.54) is 24.4 Å². The van der Waals surface area contributed by atoms with Crippen LogP contribution in [0.1, 0.15) is 44.7 Å². The van der Waals surface area contributed by atoms with Gasteiger partial charge in [0.15, 0.2) is 0 Å². The van der Waals surface area contributed by atoms with Crippen LogP contribution in [0.3, 0.4) is 0 Å². The van der Waals surface area contributed by atoms with Crippen molar-refractivity contribution in [3.05, 3.63) is 71.1 Å². The molecule has 0 spiro atoms. The second-order valence-corrected chi connectivity index (χ2v) is 7.82. The number of aromatic nitrogens is 1. The lowest BCUT2D eigenvalue weighted by atomic mass is 9.89. The van der Waals surface area contributed by atoms with Crippen LogP contribution in [0.2, 0.25) is 0 Å². The minimum absolute atomic E-state index is 0.315. The van der Waals surface area contributed by atoms with Crippen LogP contribution in [0.4, 0.5) is 13.6 Å². The summed E-state index contributed by atoms with van der Waals surface area (Å²) in [5.41, 5.74) is 3.12. The topological polar surface area (TPSA) is 42.4 Å². The number of hydrogen-bond donors (Lipinski definition) is 0. The molecule has 1 amide bonds. The summed E-state index contributed by atoms with van der Waals surface area (Å²) in [4.78, 5) is 17.8. The molecule has 4 nitrogen and oxygen atoms in total. The summed E-state index contributed by atoms with van der Waals surface area (Å²) in [5.74, 6) is -0.864. The fourth-order valence-electron chi connectivity index (χ4n) is 3.25. The van der Waals surface area contributed by atoms with E-state index in [-0.39, 0.29) is 11.9 Å². The minimum atomic E-state index is -0.549. The molecule has 1 aromatic carbocycles. The summed E-state index contributed by atoms with van der Waals surface area (Å²) in [7, 11) is 0. The van der Waals surface area contributed by atoms with Gasteiger partial charge in [0.05, 0.1) is 0 Å². The van der Waals surface area contributed by atoms with Crippen molar-refractivity contribution in [2.75, 3.05) is 13.1 Å². The van der Waals surface area contributed by atoms with Crippen molar-refractivity contribution < 1.29 is 18.3 Å². The quantitative estimate of drug-likeness (QED) is 0.667. The molecule has 1 aromatic heterocycles. The zero-order valence-corrected chi connectivity index (χ0v) is 16.3. The monoisotopic (exact) mass is 386 g/mol. The van der Waals surface area contributed by atoms with Crippen LogP contribution >= 0.6 is 0 Å². The van der Waals surface area contributed by atoms with Gasteiger partial charge in [0.25, 0.3) is 0 Å². The largest absolute Gasteiger partial charge is 0.444 e. The summed E-state index contributed by atoms with van der Waals surface area (Å²) < 4.78 is 32.1. The van der Waals surface area contributed by atoms with Crippen LogP contribution in [0, 0.1) is 11.8 Å². The Labute approximate surface area is 163 Å². The van der Waals surface area contributed by atoms with Crippen LogP contribution in [-0.4, -0.2) is 34.7 Å². The fourth-order valence-corrected chi connectivity index (χ4v) is 3.25. The van der Waals surface area contributed by atoms with Crippen molar-refractivity contribution >= 4 is 11.7 Å². The third-order valence-electron chi connectivity index (χ3n) is 4.52. The highest BCUT2D eigenvalue weighted by atomic mass is 19.1. The normalized spacial score (nSPS) is 14.8. The molecule has 0 atom stereocenters. The number of likely N-dealkylation sites (tertiary alicyclic amines) is 1. The summed E-state index contributed by atoms with van der Waals surface area (Å²) >= 11 is 0. The van der Waals surface area contributed by atoms with E-state index in [9.17, 15) is 13.6 Å². The van der Waals surface area contributed by atoms with Crippen molar-refractivity contribution in [3.8, 4) is 0 Å². The predicted octanol–water partition coefficient (Wildman–Crippen LogP) is 5.19. The van der Waals surface area contributed by atoms with E-state index >= 15 is 0 Å². The second kappa shape index (κ2) is 8.09. The summed E-state index contributed by atoms with van der Waals surface area (Å²) in [6.45, 7) is 6.59. The van der Waals surface area contributed by atoms with Gasteiger partial charge in [-0.3, -0.25) is 0 Å². The van der Waals surface area contributed by atoms with Crippen molar-refractivity contribution in [3.63, 3.8) is 0 Å². The number of benzene rings is 1. The smallest absolute Gasteiger partial charge is 0.410 e. The lowest BCUT2D eigenvalue weighted by Crippen LogP contribution is -2.40. The highest BCUT2D eigenvalue weighted by molar-refractivity contribution is 5.82. The third-order valence-corrected chi connectivity index (χ3v) is 4.52. The van der Waals surface area contributed by atoms with E-state index in [1.807, 2.05) is 20.8 Å². The van der Waals surface area contributed by atoms with Crippen molar-refractivity contribution in [2.24, 2.45) is 0 Å². The van der Waals surface area contributed by atoms with Crippen molar-refractivity contribution in [2.45, 2.75) is 39.2 Å². The van der Waals surface area contributed by atoms with Crippen LogP contribution < -0.4 is 0 Å². The minimum Gasteiger partial charge on any atom is -0.444 e. The van der Waals surface area contributed by atoms with Crippen molar-refractivity contribution in [1.82, 2.24) is 9.88 Å². The Bertz CT molecular complexity index is 811. The van der Waals surface area contributed by atoms with E-state index in [2.05, 4.69) is 4.98 Å². The molecular weight excluding hydrogens is 362 g/mol. The number of amides is 1. The Hall–Kier alpha value is -2.76. The molecular formula is C22H24F2N2O2. The number of nitrogens with zero attached hydrogens (tertiary/aromatic N) is 2. The zero-order valence-electron chi connectivity index (χ0n) is 16.3. The van der Waals surface area contributed by atoms with E-state index in [1.54, 1.807) is 23.1 Å². The molecule has 148 valence electrons. The number of pyridine rings is 1. The summed E-state index contributed by atoms with van der Waals surface area (Å²) in [6.07, 6.45) is 2.48. The average Bonchev–Trinajstić information content (AvgIpc) is 2.64. The molecule has 3 rings (SSSR count). The number of carbonyl (C=O) groups excluding carboxylic acids is 1. The standard InChI is InChI=1S/C22H24F2N2O2/c1-22(2,3)28-21(27)26-12-10-16(11-13-26)20(15-4-7-18(23)8-5-15)17-6-9-19(24)25-14-17/h4-9,14H,10-13H2,1-3H3. The molecule has 6 heteroatoms. The van der Waals surface area contributed by atoms with Gasteiger partial charge in [0, 0.05) is 24.8 Å².